The molecule has 1 aromatic heterocycles. The van der Waals surface area contributed by atoms with E-state index in [1.165, 1.54) is 6.33 Å². The van der Waals surface area contributed by atoms with E-state index in [-0.39, 0.29) is 6.10 Å². The van der Waals surface area contributed by atoms with E-state index in [0.29, 0.717) is 12.5 Å². The van der Waals surface area contributed by atoms with Gasteiger partial charge >= 0.3 is 0 Å². The van der Waals surface area contributed by atoms with E-state index in [1.807, 2.05) is 0 Å². The standard InChI is InChI=1S/C8H15N3O/c1-7(2)3-8(12)4-11-6-9-5-10-11/h5-8,12H,3-4H2,1-2H3. The number of aliphatic hydroxyl groups excluding tert-OH is 1. The molecule has 0 spiro atoms. The quantitative estimate of drug-likeness (QED) is 0.721. The Hall–Kier alpha value is -0.900. The molecule has 0 aromatic carbocycles. The molecule has 4 nitrogen and oxygen atoms in total. The maximum absolute atomic E-state index is 9.50. The van der Waals surface area contributed by atoms with Crippen molar-refractivity contribution < 1.29 is 5.11 Å². The van der Waals surface area contributed by atoms with Crippen molar-refractivity contribution in [3.05, 3.63) is 12.7 Å². The Balaban J connectivity index is 2.32. The van der Waals surface area contributed by atoms with E-state index in [1.54, 1.807) is 11.0 Å². The average Bonchev–Trinajstić information content (AvgIpc) is 2.37. The number of hydrogen-bond acceptors (Lipinski definition) is 3. The molecule has 1 aromatic rings. The lowest BCUT2D eigenvalue weighted by Crippen LogP contribution is -2.18. The summed E-state index contributed by atoms with van der Waals surface area (Å²) in [6.07, 6.45) is 3.58. The number of aliphatic hydroxyl groups is 1. The zero-order chi connectivity index (χ0) is 8.97. The molecular formula is C8H15N3O. The summed E-state index contributed by atoms with van der Waals surface area (Å²) >= 11 is 0. The van der Waals surface area contributed by atoms with Crippen LogP contribution in [0.15, 0.2) is 12.7 Å². The minimum atomic E-state index is -0.313. The van der Waals surface area contributed by atoms with Crippen LogP contribution in [0.1, 0.15) is 20.3 Å². The molecule has 0 radical (unpaired) electrons. The van der Waals surface area contributed by atoms with E-state index in [4.69, 9.17) is 0 Å². The molecule has 1 unspecified atom stereocenters. The van der Waals surface area contributed by atoms with Gasteiger partial charge in [-0.05, 0) is 12.3 Å². The summed E-state index contributed by atoms with van der Waals surface area (Å²) in [6, 6.07) is 0. The maximum Gasteiger partial charge on any atom is 0.137 e. The van der Waals surface area contributed by atoms with Crippen molar-refractivity contribution >= 4 is 0 Å². The van der Waals surface area contributed by atoms with Crippen LogP contribution in [0.25, 0.3) is 0 Å². The normalized spacial score (nSPS) is 13.7. The second-order valence-electron chi connectivity index (χ2n) is 3.40. The van der Waals surface area contributed by atoms with Crippen LogP contribution >= 0.6 is 0 Å². The van der Waals surface area contributed by atoms with Crippen molar-refractivity contribution in [2.45, 2.75) is 32.9 Å². The second-order valence-corrected chi connectivity index (χ2v) is 3.40. The summed E-state index contributed by atoms with van der Waals surface area (Å²) in [5.74, 6) is 0.517. The summed E-state index contributed by atoms with van der Waals surface area (Å²) in [4.78, 5) is 3.80. The average molecular weight is 169 g/mol. The molecule has 0 amide bonds. The number of rotatable bonds is 4. The Morgan fingerprint density at radius 2 is 2.25 bits per heavy atom. The monoisotopic (exact) mass is 169 g/mol. The van der Waals surface area contributed by atoms with Crippen molar-refractivity contribution in [1.29, 1.82) is 0 Å². The van der Waals surface area contributed by atoms with Gasteiger partial charge in [0.15, 0.2) is 0 Å². The van der Waals surface area contributed by atoms with E-state index >= 15 is 0 Å². The van der Waals surface area contributed by atoms with Gasteiger partial charge in [0.2, 0.25) is 0 Å². The van der Waals surface area contributed by atoms with Gasteiger partial charge in [-0.3, -0.25) is 4.68 Å². The molecule has 4 heteroatoms. The van der Waals surface area contributed by atoms with Crippen molar-refractivity contribution in [3.63, 3.8) is 0 Å². The van der Waals surface area contributed by atoms with Crippen LogP contribution < -0.4 is 0 Å². The van der Waals surface area contributed by atoms with Gasteiger partial charge in [0, 0.05) is 0 Å². The fourth-order valence-electron chi connectivity index (χ4n) is 1.16. The Morgan fingerprint density at radius 3 is 2.75 bits per heavy atom. The molecule has 0 fully saturated rings. The minimum absolute atomic E-state index is 0.313. The van der Waals surface area contributed by atoms with Gasteiger partial charge in [-0.25, -0.2) is 4.98 Å². The molecule has 1 atom stereocenters. The van der Waals surface area contributed by atoms with Gasteiger partial charge in [0.1, 0.15) is 12.7 Å². The highest BCUT2D eigenvalue weighted by molar-refractivity contribution is 4.62. The highest BCUT2D eigenvalue weighted by atomic mass is 16.3. The van der Waals surface area contributed by atoms with Crippen LogP contribution in [0.3, 0.4) is 0 Å². The van der Waals surface area contributed by atoms with Gasteiger partial charge in [-0.15, -0.1) is 0 Å². The Morgan fingerprint density at radius 1 is 1.50 bits per heavy atom. The SMILES string of the molecule is CC(C)CC(O)Cn1cncn1. The third-order valence-corrected chi connectivity index (χ3v) is 1.61. The molecule has 1 heterocycles. The summed E-state index contributed by atoms with van der Waals surface area (Å²) in [6.45, 7) is 4.72. The zero-order valence-corrected chi connectivity index (χ0v) is 7.51. The first kappa shape index (κ1) is 9.19. The molecule has 68 valence electrons. The fourth-order valence-corrected chi connectivity index (χ4v) is 1.16. The molecule has 1 N–H and O–H groups in total. The largest absolute Gasteiger partial charge is 0.391 e. The lowest BCUT2D eigenvalue weighted by atomic mass is 10.1. The highest BCUT2D eigenvalue weighted by Crippen LogP contribution is 2.05. The van der Waals surface area contributed by atoms with Crippen LogP contribution in [0.4, 0.5) is 0 Å². The van der Waals surface area contributed by atoms with Crippen LogP contribution in [0.2, 0.25) is 0 Å². The molecule has 0 aliphatic heterocycles. The molecule has 0 bridgehead atoms. The molecule has 0 aliphatic rings. The van der Waals surface area contributed by atoms with Crippen LogP contribution in [-0.2, 0) is 6.54 Å². The molecule has 0 saturated carbocycles. The van der Waals surface area contributed by atoms with Crippen LogP contribution in [-0.4, -0.2) is 26.0 Å². The fraction of sp³-hybridized carbons (Fsp3) is 0.750. The number of hydrogen-bond donors (Lipinski definition) is 1. The van der Waals surface area contributed by atoms with Gasteiger partial charge in [-0.1, -0.05) is 13.8 Å². The first-order valence-electron chi connectivity index (χ1n) is 4.19. The lowest BCUT2D eigenvalue weighted by Gasteiger charge is -2.11. The first-order chi connectivity index (χ1) is 5.68. The third-order valence-electron chi connectivity index (χ3n) is 1.61. The van der Waals surface area contributed by atoms with E-state index in [2.05, 4.69) is 23.9 Å². The third kappa shape index (κ3) is 3.00. The van der Waals surface area contributed by atoms with Gasteiger partial charge in [-0.2, -0.15) is 5.10 Å². The van der Waals surface area contributed by atoms with Gasteiger partial charge in [0.25, 0.3) is 0 Å². The second kappa shape index (κ2) is 4.21. The van der Waals surface area contributed by atoms with E-state index < -0.39 is 0 Å². The summed E-state index contributed by atoms with van der Waals surface area (Å²) < 4.78 is 1.65. The molecule has 0 aliphatic carbocycles. The van der Waals surface area contributed by atoms with Crippen molar-refractivity contribution in [1.82, 2.24) is 14.8 Å². The Labute approximate surface area is 72.2 Å². The number of aromatic nitrogens is 3. The first-order valence-corrected chi connectivity index (χ1v) is 4.19. The van der Waals surface area contributed by atoms with Crippen LogP contribution in [0, 0.1) is 5.92 Å². The minimum Gasteiger partial charge on any atom is -0.391 e. The molecular weight excluding hydrogens is 154 g/mol. The summed E-state index contributed by atoms with van der Waals surface area (Å²) in [5, 5.41) is 13.4. The van der Waals surface area contributed by atoms with E-state index in [9.17, 15) is 5.11 Å². The Bertz CT molecular complexity index is 208. The molecule has 12 heavy (non-hydrogen) atoms. The topological polar surface area (TPSA) is 50.9 Å². The highest BCUT2D eigenvalue weighted by Gasteiger charge is 2.07. The predicted octanol–water partition coefficient (Wildman–Crippen LogP) is 0.685. The predicted molar refractivity (Wildman–Crippen MR) is 45.5 cm³/mol. The maximum atomic E-state index is 9.50. The lowest BCUT2D eigenvalue weighted by molar-refractivity contribution is 0.125. The van der Waals surface area contributed by atoms with Crippen molar-refractivity contribution in [2.24, 2.45) is 5.92 Å². The van der Waals surface area contributed by atoms with Crippen LogP contribution in [0.5, 0.6) is 0 Å². The summed E-state index contributed by atoms with van der Waals surface area (Å²) in [5.41, 5.74) is 0. The van der Waals surface area contributed by atoms with Gasteiger partial charge in [0.05, 0.1) is 12.6 Å². The van der Waals surface area contributed by atoms with Crippen molar-refractivity contribution in [3.8, 4) is 0 Å². The smallest absolute Gasteiger partial charge is 0.137 e. The molecule has 0 saturated heterocycles. The number of nitrogens with zero attached hydrogens (tertiary/aromatic N) is 3. The van der Waals surface area contributed by atoms with Crippen molar-refractivity contribution in [2.75, 3.05) is 0 Å². The Kier molecular flexibility index (Phi) is 3.22. The van der Waals surface area contributed by atoms with E-state index in [0.717, 1.165) is 6.42 Å². The zero-order valence-electron chi connectivity index (χ0n) is 7.51. The molecule has 1 rings (SSSR count). The van der Waals surface area contributed by atoms with Gasteiger partial charge < -0.3 is 5.11 Å². The summed E-state index contributed by atoms with van der Waals surface area (Å²) in [7, 11) is 0.